The summed E-state index contributed by atoms with van der Waals surface area (Å²) in [4.78, 5) is 15.1. The van der Waals surface area contributed by atoms with Crippen molar-refractivity contribution in [2.45, 2.75) is 52.4 Å². The smallest absolute Gasteiger partial charge is 0.231 e. The molecule has 1 amide bonds. The predicted octanol–water partition coefficient (Wildman–Crippen LogP) is 2.43. The Balaban J connectivity index is 2.75. The number of nitrogens with one attached hydrogen (secondary N) is 1. The van der Waals surface area contributed by atoms with Crippen LogP contribution in [0.1, 0.15) is 52.4 Å². The van der Waals surface area contributed by atoms with Crippen molar-refractivity contribution in [1.82, 2.24) is 10.2 Å². The second kappa shape index (κ2) is 9.35. The predicted molar refractivity (Wildman–Crippen MR) is 82.8 cm³/mol. The van der Waals surface area contributed by atoms with Gasteiger partial charge in [-0.3, -0.25) is 4.79 Å². The van der Waals surface area contributed by atoms with E-state index in [2.05, 4.69) is 24.1 Å². The fourth-order valence-corrected chi connectivity index (χ4v) is 2.95. The van der Waals surface area contributed by atoms with Gasteiger partial charge in [-0.25, -0.2) is 0 Å². The van der Waals surface area contributed by atoms with Crippen molar-refractivity contribution in [2.24, 2.45) is 5.41 Å². The van der Waals surface area contributed by atoms with Gasteiger partial charge < -0.3 is 15.0 Å². The zero-order valence-electron chi connectivity index (χ0n) is 13.5. The summed E-state index contributed by atoms with van der Waals surface area (Å²) in [5, 5.41) is 3.35. The van der Waals surface area contributed by atoms with Crippen LogP contribution < -0.4 is 5.32 Å². The van der Waals surface area contributed by atoms with E-state index in [9.17, 15) is 4.79 Å². The molecule has 1 aliphatic heterocycles. The maximum Gasteiger partial charge on any atom is 0.231 e. The first-order valence-electron chi connectivity index (χ1n) is 8.19. The highest BCUT2D eigenvalue weighted by Gasteiger charge is 2.41. The number of rotatable bonds is 9. The summed E-state index contributed by atoms with van der Waals surface area (Å²) < 4.78 is 5.39. The Bertz CT molecular complexity index is 262. The lowest BCUT2D eigenvalue weighted by Crippen LogP contribution is -2.52. The number of carbonyl (C=O) groups is 1. The molecule has 0 atom stereocenters. The van der Waals surface area contributed by atoms with E-state index >= 15 is 0 Å². The number of nitrogens with zero attached hydrogens (tertiary/aromatic N) is 1. The van der Waals surface area contributed by atoms with E-state index in [1.54, 1.807) is 7.11 Å². The molecule has 1 saturated heterocycles. The lowest BCUT2D eigenvalue weighted by atomic mass is 9.78. The zero-order chi connectivity index (χ0) is 14.8. The van der Waals surface area contributed by atoms with E-state index < -0.39 is 0 Å². The Morgan fingerprint density at radius 3 is 2.15 bits per heavy atom. The van der Waals surface area contributed by atoms with Crippen molar-refractivity contribution in [3.05, 3.63) is 0 Å². The molecule has 0 spiro atoms. The van der Waals surface area contributed by atoms with Crippen LogP contribution >= 0.6 is 0 Å². The minimum absolute atomic E-state index is 0.290. The average molecular weight is 284 g/mol. The van der Waals surface area contributed by atoms with Gasteiger partial charge in [0.1, 0.15) is 0 Å². The lowest BCUT2D eigenvalue weighted by Gasteiger charge is -2.39. The highest BCUT2D eigenvalue weighted by molar-refractivity contribution is 5.83. The SMILES string of the molecule is CCCCN(CCCC)C(=O)C1(COC)CCNCC1. The molecule has 4 nitrogen and oxygen atoms in total. The van der Waals surface area contributed by atoms with Crippen LogP contribution in [-0.4, -0.2) is 50.7 Å². The van der Waals surface area contributed by atoms with E-state index in [0.29, 0.717) is 12.5 Å². The molecule has 0 saturated carbocycles. The zero-order valence-corrected chi connectivity index (χ0v) is 13.5. The largest absolute Gasteiger partial charge is 0.384 e. The number of unbranched alkanes of at least 4 members (excludes halogenated alkanes) is 2. The van der Waals surface area contributed by atoms with Crippen LogP contribution in [0.25, 0.3) is 0 Å². The molecule has 1 fully saturated rings. The molecule has 20 heavy (non-hydrogen) atoms. The molecule has 1 rings (SSSR count). The van der Waals surface area contributed by atoms with Crippen LogP contribution in [0.3, 0.4) is 0 Å². The molecule has 0 radical (unpaired) electrons. The van der Waals surface area contributed by atoms with Gasteiger partial charge in [0.15, 0.2) is 0 Å². The monoisotopic (exact) mass is 284 g/mol. The number of carbonyl (C=O) groups excluding carboxylic acids is 1. The second-order valence-corrected chi connectivity index (χ2v) is 5.96. The Morgan fingerprint density at radius 2 is 1.70 bits per heavy atom. The molecule has 0 aliphatic carbocycles. The van der Waals surface area contributed by atoms with Crippen LogP contribution in [0, 0.1) is 5.41 Å². The molecular weight excluding hydrogens is 252 g/mol. The molecule has 1 heterocycles. The first-order valence-corrected chi connectivity index (χ1v) is 8.19. The summed E-state index contributed by atoms with van der Waals surface area (Å²) in [6.07, 6.45) is 6.25. The van der Waals surface area contributed by atoms with Crippen LogP contribution in [0.5, 0.6) is 0 Å². The number of piperidine rings is 1. The highest BCUT2D eigenvalue weighted by atomic mass is 16.5. The van der Waals surface area contributed by atoms with E-state index in [1.165, 1.54) is 0 Å². The topological polar surface area (TPSA) is 41.6 Å². The molecule has 0 aromatic carbocycles. The Labute approximate surface area is 124 Å². The van der Waals surface area contributed by atoms with Crippen molar-refractivity contribution >= 4 is 5.91 Å². The van der Waals surface area contributed by atoms with Gasteiger partial charge in [0.2, 0.25) is 5.91 Å². The molecular formula is C16H32N2O2. The number of amides is 1. The fourth-order valence-electron chi connectivity index (χ4n) is 2.95. The Hall–Kier alpha value is -0.610. The van der Waals surface area contributed by atoms with E-state index in [4.69, 9.17) is 4.74 Å². The molecule has 0 aromatic heterocycles. The summed E-state index contributed by atoms with van der Waals surface area (Å²) in [5.41, 5.74) is -0.290. The standard InChI is InChI=1S/C16H32N2O2/c1-4-6-12-18(13-7-5-2)15(19)16(14-20-3)8-10-17-11-9-16/h17H,4-14H2,1-3H3. The number of methoxy groups -OCH3 is 1. The normalized spacial score (nSPS) is 17.9. The molecule has 1 aliphatic rings. The molecule has 118 valence electrons. The van der Waals surface area contributed by atoms with Gasteiger partial charge in [0.25, 0.3) is 0 Å². The van der Waals surface area contributed by atoms with Crippen molar-refractivity contribution in [1.29, 1.82) is 0 Å². The summed E-state index contributed by atoms with van der Waals surface area (Å²) in [5.74, 6) is 0.322. The van der Waals surface area contributed by atoms with Crippen LogP contribution in [0.4, 0.5) is 0 Å². The van der Waals surface area contributed by atoms with Crippen molar-refractivity contribution < 1.29 is 9.53 Å². The fraction of sp³-hybridized carbons (Fsp3) is 0.938. The molecule has 0 unspecified atom stereocenters. The third kappa shape index (κ3) is 4.74. The minimum atomic E-state index is -0.290. The Morgan fingerprint density at radius 1 is 1.15 bits per heavy atom. The first kappa shape index (κ1) is 17.4. The molecule has 4 heteroatoms. The summed E-state index contributed by atoms with van der Waals surface area (Å²) in [7, 11) is 1.71. The van der Waals surface area contributed by atoms with Crippen LogP contribution in [0.2, 0.25) is 0 Å². The molecule has 0 bridgehead atoms. The first-order chi connectivity index (χ1) is 9.70. The summed E-state index contributed by atoms with van der Waals surface area (Å²) >= 11 is 0. The van der Waals surface area contributed by atoms with Gasteiger partial charge in [0.05, 0.1) is 12.0 Å². The molecule has 0 aromatic rings. The number of ether oxygens (including phenoxy) is 1. The second-order valence-electron chi connectivity index (χ2n) is 5.96. The minimum Gasteiger partial charge on any atom is -0.384 e. The Kier molecular flexibility index (Phi) is 8.15. The molecule has 1 N–H and O–H groups in total. The van der Waals surface area contributed by atoms with Gasteiger partial charge in [-0.1, -0.05) is 26.7 Å². The van der Waals surface area contributed by atoms with E-state index in [-0.39, 0.29) is 5.41 Å². The van der Waals surface area contributed by atoms with Gasteiger partial charge in [0, 0.05) is 20.2 Å². The summed E-state index contributed by atoms with van der Waals surface area (Å²) in [6, 6.07) is 0. The highest BCUT2D eigenvalue weighted by Crippen LogP contribution is 2.32. The van der Waals surface area contributed by atoms with Gasteiger partial charge in [-0.2, -0.15) is 0 Å². The van der Waals surface area contributed by atoms with Crippen molar-refractivity contribution in [3.8, 4) is 0 Å². The maximum absolute atomic E-state index is 13.0. The number of hydrogen-bond donors (Lipinski definition) is 1. The van der Waals surface area contributed by atoms with Crippen molar-refractivity contribution in [2.75, 3.05) is 39.9 Å². The van der Waals surface area contributed by atoms with Crippen LogP contribution in [-0.2, 0) is 9.53 Å². The lowest BCUT2D eigenvalue weighted by molar-refractivity contribution is -0.147. The van der Waals surface area contributed by atoms with E-state index in [1.807, 2.05) is 0 Å². The quantitative estimate of drug-likeness (QED) is 0.707. The van der Waals surface area contributed by atoms with E-state index in [0.717, 1.165) is 64.7 Å². The van der Waals surface area contributed by atoms with Crippen LogP contribution in [0.15, 0.2) is 0 Å². The third-order valence-electron chi connectivity index (χ3n) is 4.29. The number of hydrogen-bond acceptors (Lipinski definition) is 3. The summed E-state index contributed by atoms with van der Waals surface area (Å²) in [6.45, 7) is 8.55. The van der Waals surface area contributed by atoms with Gasteiger partial charge in [-0.05, 0) is 38.8 Å². The average Bonchev–Trinajstić information content (AvgIpc) is 2.48. The maximum atomic E-state index is 13.0. The van der Waals surface area contributed by atoms with Gasteiger partial charge in [-0.15, -0.1) is 0 Å². The third-order valence-corrected chi connectivity index (χ3v) is 4.29. The van der Waals surface area contributed by atoms with Gasteiger partial charge >= 0.3 is 0 Å². The van der Waals surface area contributed by atoms with Crippen molar-refractivity contribution in [3.63, 3.8) is 0 Å².